The number of carbonyl (C=O) groups excluding carboxylic acids is 2. The molecule has 0 spiro atoms. The fourth-order valence-corrected chi connectivity index (χ4v) is 6.75. The molecule has 0 aromatic heterocycles. The van der Waals surface area contributed by atoms with Crippen molar-refractivity contribution < 1.29 is 23.8 Å². The summed E-state index contributed by atoms with van der Waals surface area (Å²) >= 11 is 0. The largest absolute Gasteiger partial charge is 0.465 e. The first-order chi connectivity index (χ1) is 24.3. The molecule has 0 saturated heterocycles. The normalized spacial score (nSPS) is 13.0. The van der Waals surface area contributed by atoms with E-state index in [0.717, 1.165) is 71.2 Å². The van der Waals surface area contributed by atoms with Crippen molar-refractivity contribution in [1.82, 2.24) is 9.80 Å². The van der Waals surface area contributed by atoms with Crippen molar-refractivity contribution in [2.24, 2.45) is 5.92 Å². The second kappa shape index (κ2) is 36.2. The minimum atomic E-state index is -0.254. The van der Waals surface area contributed by atoms with Crippen LogP contribution in [-0.2, 0) is 23.8 Å². The Balaban J connectivity index is 4.54. The van der Waals surface area contributed by atoms with Crippen LogP contribution in [-0.4, -0.2) is 86.4 Å². The number of hydrogen-bond acceptors (Lipinski definition) is 7. The molecule has 7 nitrogen and oxygen atoms in total. The maximum Gasteiger partial charge on any atom is 0.332 e. The van der Waals surface area contributed by atoms with Crippen LogP contribution in [0.3, 0.4) is 0 Å². The molecular formula is C43H86N2O5. The summed E-state index contributed by atoms with van der Waals surface area (Å²) < 4.78 is 17.5. The van der Waals surface area contributed by atoms with Crippen molar-refractivity contribution in [1.29, 1.82) is 0 Å². The Morgan fingerprint density at radius 2 is 1.10 bits per heavy atom. The van der Waals surface area contributed by atoms with Gasteiger partial charge in [0, 0.05) is 32.1 Å². The predicted molar refractivity (Wildman–Crippen MR) is 213 cm³/mol. The number of ether oxygens (including phenoxy) is 3. The van der Waals surface area contributed by atoms with E-state index in [2.05, 4.69) is 58.3 Å². The van der Waals surface area contributed by atoms with Crippen LogP contribution in [0, 0.1) is 5.92 Å². The van der Waals surface area contributed by atoms with Gasteiger partial charge in [-0.05, 0) is 84.2 Å². The fraction of sp³-hybridized carbons (Fsp3) is 0.953. The average Bonchev–Trinajstić information content (AvgIpc) is 3.10. The fourth-order valence-electron chi connectivity index (χ4n) is 6.75. The summed E-state index contributed by atoms with van der Waals surface area (Å²) in [6.45, 7) is 21.9. The molecule has 0 N–H and O–H groups in total. The zero-order chi connectivity index (χ0) is 37.1. The van der Waals surface area contributed by atoms with Gasteiger partial charge >= 0.3 is 11.9 Å². The monoisotopic (exact) mass is 711 g/mol. The Morgan fingerprint density at radius 1 is 0.560 bits per heavy atom. The van der Waals surface area contributed by atoms with Crippen LogP contribution in [0.1, 0.15) is 196 Å². The third-order valence-electron chi connectivity index (χ3n) is 10.2. The molecule has 0 bridgehead atoms. The van der Waals surface area contributed by atoms with Crippen molar-refractivity contribution in [2.45, 2.75) is 208 Å². The average molecular weight is 711 g/mol. The van der Waals surface area contributed by atoms with Gasteiger partial charge in [0.25, 0.3) is 0 Å². The van der Waals surface area contributed by atoms with Gasteiger partial charge in [0.05, 0.1) is 13.2 Å². The summed E-state index contributed by atoms with van der Waals surface area (Å²) in [5.74, 6) is 0.201. The van der Waals surface area contributed by atoms with Gasteiger partial charge < -0.3 is 19.1 Å². The molecule has 0 fully saturated rings. The molecular weight excluding hydrogens is 624 g/mol. The van der Waals surface area contributed by atoms with Crippen molar-refractivity contribution in [3.8, 4) is 0 Å². The van der Waals surface area contributed by atoms with Crippen molar-refractivity contribution in [3.05, 3.63) is 0 Å². The van der Waals surface area contributed by atoms with E-state index >= 15 is 0 Å². The number of carbonyl (C=O) groups is 2. The molecule has 50 heavy (non-hydrogen) atoms. The van der Waals surface area contributed by atoms with E-state index in [1.807, 2.05) is 0 Å². The van der Waals surface area contributed by atoms with Gasteiger partial charge in [-0.15, -0.1) is 0 Å². The van der Waals surface area contributed by atoms with Crippen LogP contribution in [0.2, 0.25) is 0 Å². The smallest absolute Gasteiger partial charge is 0.332 e. The molecule has 7 heteroatoms. The quantitative estimate of drug-likeness (QED) is 0.0467. The molecule has 0 aromatic rings. The van der Waals surface area contributed by atoms with Crippen LogP contribution in [0.15, 0.2) is 0 Å². The predicted octanol–water partition coefficient (Wildman–Crippen LogP) is 11.2. The maximum absolute atomic E-state index is 12.7. The lowest BCUT2D eigenvalue weighted by atomic mass is 9.95. The SMILES string of the molecule is CCCCCCCCC(CCCCCC)COC(=O)CCCCCC(CCCCCC)OC(=O)COCCN(CCN(CC)CCC)C(C)C. The van der Waals surface area contributed by atoms with Gasteiger partial charge in [-0.1, -0.05) is 125 Å². The van der Waals surface area contributed by atoms with Crippen molar-refractivity contribution in [2.75, 3.05) is 52.5 Å². The minimum absolute atomic E-state index is 0.0125. The summed E-state index contributed by atoms with van der Waals surface area (Å²) in [5.41, 5.74) is 0. The Labute approximate surface area is 311 Å². The first-order valence-electron chi connectivity index (χ1n) is 21.7. The highest BCUT2D eigenvalue weighted by Crippen LogP contribution is 2.20. The van der Waals surface area contributed by atoms with E-state index < -0.39 is 0 Å². The van der Waals surface area contributed by atoms with Crippen molar-refractivity contribution in [3.63, 3.8) is 0 Å². The molecule has 0 rings (SSSR count). The van der Waals surface area contributed by atoms with Gasteiger partial charge in [-0.3, -0.25) is 9.69 Å². The lowest BCUT2D eigenvalue weighted by Crippen LogP contribution is -2.40. The van der Waals surface area contributed by atoms with Crippen LogP contribution in [0.4, 0.5) is 0 Å². The zero-order valence-corrected chi connectivity index (χ0v) is 34.6. The number of likely N-dealkylation sites (N-methyl/N-ethyl adjacent to an activating group) is 1. The topological polar surface area (TPSA) is 68.3 Å². The molecule has 0 amide bonds. The molecule has 0 aromatic carbocycles. The van der Waals surface area contributed by atoms with E-state index in [0.29, 0.717) is 31.6 Å². The highest BCUT2D eigenvalue weighted by Gasteiger charge is 2.17. The van der Waals surface area contributed by atoms with E-state index in [9.17, 15) is 9.59 Å². The standard InChI is InChI=1S/C43H86N2O5/c1-8-13-16-19-20-23-28-40(27-22-17-14-9-2)37-49-42(46)31-26-21-25-30-41(29-24-18-15-10-3)50-43(47)38-48-36-35-45(39(6)7)34-33-44(12-5)32-11-4/h39-41H,8-38H2,1-7H3. The first-order valence-corrected chi connectivity index (χ1v) is 21.7. The molecule has 0 aliphatic rings. The van der Waals surface area contributed by atoms with Crippen LogP contribution >= 0.6 is 0 Å². The zero-order valence-electron chi connectivity index (χ0n) is 34.6. The molecule has 0 saturated carbocycles. The van der Waals surface area contributed by atoms with E-state index in [4.69, 9.17) is 14.2 Å². The number of unbranched alkanes of at least 4 members (excludes halogenated alkanes) is 13. The third kappa shape index (κ3) is 30.4. The second-order valence-electron chi connectivity index (χ2n) is 15.1. The van der Waals surface area contributed by atoms with E-state index in [1.165, 1.54) is 103 Å². The lowest BCUT2D eigenvalue weighted by Gasteiger charge is -2.29. The molecule has 0 aliphatic carbocycles. The molecule has 0 radical (unpaired) electrons. The molecule has 2 unspecified atom stereocenters. The summed E-state index contributed by atoms with van der Waals surface area (Å²) in [7, 11) is 0. The van der Waals surface area contributed by atoms with E-state index in [-0.39, 0.29) is 24.6 Å². The number of nitrogens with zero attached hydrogens (tertiary/aromatic N) is 2. The van der Waals surface area contributed by atoms with Crippen molar-refractivity contribution >= 4 is 11.9 Å². The Hall–Kier alpha value is -1.18. The Kier molecular flexibility index (Phi) is 35.3. The van der Waals surface area contributed by atoms with Gasteiger partial charge in [-0.25, -0.2) is 4.79 Å². The highest BCUT2D eigenvalue weighted by atomic mass is 16.6. The van der Waals surface area contributed by atoms with Gasteiger partial charge in [-0.2, -0.15) is 0 Å². The number of esters is 2. The van der Waals surface area contributed by atoms with E-state index in [1.54, 1.807) is 0 Å². The van der Waals surface area contributed by atoms with Crippen LogP contribution in [0.5, 0.6) is 0 Å². The van der Waals surface area contributed by atoms with Gasteiger partial charge in [0.15, 0.2) is 0 Å². The summed E-state index contributed by atoms with van der Waals surface area (Å²) in [4.78, 5) is 30.3. The lowest BCUT2D eigenvalue weighted by molar-refractivity contribution is -0.155. The molecule has 298 valence electrons. The van der Waals surface area contributed by atoms with Crippen LogP contribution in [0.25, 0.3) is 0 Å². The first kappa shape index (κ1) is 48.8. The summed E-state index contributed by atoms with van der Waals surface area (Å²) in [6, 6.07) is 0.437. The van der Waals surface area contributed by atoms with Crippen LogP contribution < -0.4 is 0 Å². The highest BCUT2D eigenvalue weighted by molar-refractivity contribution is 5.70. The third-order valence-corrected chi connectivity index (χ3v) is 10.2. The maximum atomic E-state index is 12.7. The van der Waals surface area contributed by atoms with Gasteiger partial charge in [0.1, 0.15) is 12.7 Å². The minimum Gasteiger partial charge on any atom is -0.465 e. The molecule has 0 heterocycles. The second-order valence-corrected chi connectivity index (χ2v) is 15.1. The summed E-state index contributed by atoms with van der Waals surface area (Å²) in [6.07, 6.45) is 26.0. The van der Waals surface area contributed by atoms with Gasteiger partial charge in [0.2, 0.25) is 0 Å². The Morgan fingerprint density at radius 3 is 1.66 bits per heavy atom. The molecule has 0 aliphatic heterocycles. The number of hydrogen-bond donors (Lipinski definition) is 0. The molecule has 2 atom stereocenters. The Bertz CT molecular complexity index is 749. The summed E-state index contributed by atoms with van der Waals surface area (Å²) in [5, 5.41) is 0. The number of rotatable bonds is 38.